The maximum Gasteiger partial charge on any atom is 0.265 e. The highest BCUT2D eigenvalue weighted by Crippen LogP contribution is 2.44. The van der Waals surface area contributed by atoms with E-state index in [-0.39, 0.29) is 19.1 Å². The van der Waals surface area contributed by atoms with Crippen molar-refractivity contribution in [3.05, 3.63) is 70.9 Å². The van der Waals surface area contributed by atoms with Crippen LogP contribution < -0.4 is 20.3 Å². The molecule has 30 heavy (non-hydrogen) atoms. The lowest BCUT2D eigenvalue weighted by Crippen LogP contribution is -2.21. The van der Waals surface area contributed by atoms with Gasteiger partial charge in [0.05, 0.1) is 22.5 Å². The zero-order valence-electron chi connectivity index (χ0n) is 16.6. The smallest absolute Gasteiger partial charge is 0.265 e. The zero-order chi connectivity index (χ0) is 21.6. The van der Waals surface area contributed by atoms with Gasteiger partial charge in [-0.05, 0) is 53.6 Å². The largest absolute Gasteiger partial charge is 0.491 e. The fraction of sp³-hybridized carbons (Fsp3) is 0.190. The van der Waals surface area contributed by atoms with Crippen LogP contribution in [0.15, 0.2) is 66.0 Å². The Kier molecular flexibility index (Phi) is 7.64. The molecule has 1 unspecified atom stereocenters. The van der Waals surface area contributed by atoms with Crippen molar-refractivity contribution in [2.24, 2.45) is 0 Å². The van der Waals surface area contributed by atoms with Crippen LogP contribution in [0.4, 0.5) is 11.4 Å². The van der Waals surface area contributed by atoms with Crippen LogP contribution >= 0.6 is 17.8 Å². The van der Waals surface area contributed by atoms with Gasteiger partial charge in [-0.2, -0.15) is 0 Å². The Bertz CT molecular complexity index is 1030. The second-order valence-corrected chi connectivity index (χ2v) is 10.8. The number of nitrogens with zero attached hydrogens (tertiary/aromatic N) is 1. The van der Waals surface area contributed by atoms with Gasteiger partial charge in [-0.25, -0.2) is 0 Å². The van der Waals surface area contributed by atoms with E-state index < -0.39 is 6.49 Å². The topological polar surface area (TPSA) is 71.0 Å². The zero-order valence-corrected chi connectivity index (χ0v) is 19.2. The number of ether oxygens (including phenoxy) is 1. The third-order valence-corrected chi connectivity index (χ3v) is 7.46. The number of thiophene rings is 1. The third-order valence-electron chi connectivity index (χ3n) is 4.16. The molecule has 1 amide bonds. The normalized spacial score (nSPS) is 12.8. The number of para-hydroxylation sites is 1. The molecule has 6 nitrogen and oxygen atoms in total. The molecule has 0 fully saturated rings. The molecule has 0 radical (unpaired) electrons. The molecule has 0 saturated heterocycles. The first kappa shape index (κ1) is 22.5. The summed E-state index contributed by atoms with van der Waals surface area (Å²) in [5.41, 5.74) is 1.30. The molecule has 0 saturated carbocycles. The molecular formula is C21H23N2O4PS2. The van der Waals surface area contributed by atoms with Crippen molar-refractivity contribution < 1.29 is 18.9 Å². The molecule has 2 aromatic carbocycles. The molecule has 158 valence electrons. The maximum atomic E-state index is 12.6. The van der Waals surface area contributed by atoms with Gasteiger partial charge in [0.2, 0.25) is 6.49 Å². The average Bonchev–Trinajstić information content (AvgIpc) is 3.27. The molecule has 1 aromatic heterocycles. The molecule has 1 heterocycles. The molecule has 0 spiro atoms. The van der Waals surface area contributed by atoms with Crippen molar-refractivity contribution >= 4 is 52.2 Å². The van der Waals surface area contributed by atoms with E-state index >= 15 is 0 Å². The monoisotopic (exact) mass is 462 g/mol. The Morgan fingerprint density at radius 3 is 2.57 bits per heavy atom. The van der Waals surface area contributed by atoms with E-state index in [0.717, 1.165) is 5.69 Å². The van der Waals surface area contributed by atoms with Gasteiger partial charge in [-0.1, -0.05) is 24.3 Å². The predicted octanol–water partition coefficient (Wildman–Crippen LogP) is 4.09. The molecule has 1 atom stereocenters. The molecule has 0 bridgehead atoms. The van der Waals surface area contributed by atoms with Gasteiger partial charge >= 0.3 is 0 Å². The van der Waals surface area contributed by atoms with Crippen LogP contribution in [0, 0.1) is 0 Å². The summed E-state index contributed by atoms with van der Waals surface area (Å²) in [6.45, 7) is -3.00. The van der Waals surface area contributed by atoms with E-state index in [4.69, 9.17) is 21.1 Å². The van der Waals surface area contributed by atoms with E-state index in [1.54, 1.807) is 18.2 Å². The summed E-state index contributed by atoms with van der Waals surface area (Å²) in [6, 6.07) is 18.2. The SMILES string of the molecule is CN(C)c1ccc(P(O)(=S)OCCOc2ccccc2)c(NC(=O)c2cccs2)c1. The van der Waals surface area contributed by atoms with Gasteiger partial charge in [0.15, 0.2) is 0 Å². The molecule has 0 aliphatic carbocycles. The van der Waals surface area contributed by atoms with E-state index in [2.05, 4.69) is 5.32 Å². The lowest BCUT2D eigenvalue weighted by atomic mass is 10.2. The molecule has 0 aliphatic rings. The fourth-order valence-electron chi connectivity index (χ4n) is 2.65. The summed E-state index contributed by atoms with van der Waals surface area (Å²) in [6.07, 6.45) is 0. The molecular weight excluding hydrogens is 439 g/mol. The van der Waals surface area contributed by atoms with Crippen molar-refractivity contribution in [3.63, 3.8) is 0 Å². The lowest BCUT2D eigenvalue weighted by Gasteiger charge is -2.22. The van der Waals surface area contributed by atoms with Gasteiger partial charge in [0, 0.05) is 19.8 Å². The van der Waals surface area contributed by atoms with Crippen LogP contribution in [0.25, 0.3) is 0 Å². The Morgan fingerprint density at radius 2 is 1.90 bits per heavy atom. The second-order valence-electron chi connectivity index (χ2n) is 6.54. The highest BCUT2D eigenvalue weighted by Gasteiger charge is 2.23. The summed E-state index contributed by atoms with van der Waals surface area (Å²) in [5, 5.41) is 5.09. The third kappa shape index (κ3) is 5.90. The van der Waals surface area contributed by atoms with Gasteiger partial charge in [0.1, 0.15) is 12.4 Å². The van der Waals surface area contributed by atoms with Crippen LogP contribution in [-0.2, 0) is 16.3 Å². The fourth-order valence-corrected chi connectivity index (χ4v) is 5.12. The van der Waals surface area contributed by atoms with Crippen LogP contribution in [0.5, 0.6) is 5.75 Å². The summed E-state index contributed by atoms with van der Waals surface area (Å²) in [5.74, 6) is 0.455. The number of amides is 1. The summed E-state index contributed by atoms with van der Waals surface area (Å²) in [7, 11) is 3.79. The minimum absolute atomic E-state index is 0.121. The minimum atomic E-state index is -3.36. The molecule has 3 aromatic rings. The molecule has 2 N–H and O–H groups in total. The van der Waals surface area contributed by atoms with E-state index in [0.29, 0.717) is 21.6 Å². The number of rotatable bonds is 9. The van der Waals surface area contributed by atoms with Crippen LogP contribution in [0.3, 0.4) is 0 Å². The number of anilines is 2. The second kappa shape index (κ2) is 10.2. The summed E-state index contributed by atoms with van der Waals surface area (Å²) in [4.78, 5) is 26.0. The van der Waals surface area contributed by atoms with Crippen molar-refractivity contribution in [1.82, 2.24) is 0 Å². The number of carbonyl (C=O) groups excluding carboxylic acids is 1. The number of hydrogen-bond acceptors (Lipinski definition) is 6. The van der Waals surface area contributed by atoms with Gasteiger partial charge < -0.3 is 24.4 Å². The van der Waals surface area contributed by atoms with Crippen LogP contribution in [0.1, 0.15) is 9.67 Å². The Balaban J connectivity index is 1.74. The Hall–Kier alpha value is -2.22. The maximum absolute atomic E-state index is 12.6. The molecule has 0 aliphatic heterocycles. The lowest BCUT2D eigenvalue weighted by molar-refractivity contribution is 0.103. The van der Waals surface area contributed by atoms with Gasteiger partial charge in [-0.15, -0.1) is 11.3 Å². The van der Waals surface area contributed by atoms with Crippen molar-refractivity contribution in [2.45, 2.75) is 0 Å². The minimum Gasteiger partial charge on any atom is -0.491 e. The van der Waals surface area contributed by atoms with Crippen molar-refractivity contribution in [2.75, 3.05) is 37.5 Å². The Morgan fingerprint density at radius 1 is 1.13 bits per heavy atom. The van der Waals surface area contributed by atoms with Gasteiger partial charge in [0.25, 0.3) is 5.91 Å². The standard InChI is InChI=1S/C21H23N2O4PS2/c1-23(2)16-10-11-19(18(15-16)22-21(24)20-9-6-14-30-20)28(25,29)27-13-12-26-17-7-4-3-5-8-17/h3-11,14-15H,12-13H2,1-2H3,(H,22,24)(H,25,29). The first-order valence-electron chi connectivity index (χ1n) is 9.19. The van der Waals surface area contributed by atoms with E-state index in [9.17, 15) is 9.69 Å². The summed E-state index contributed by atoms with van der Waals surface area (Å²) < 4.78 is 11.2. The number of benzene rings is 2. The van der Waals surface area contributed by atoms with Crippen LogP contribution in [0.2, 0.25) is 0 Å². The Labute approximate surface area is 185 Å². The highest BCUT2D eigenvalue weighted by atomic mass is 32.5. The molecule has 9 heteroatoms. The quantitative estimate of drug-likeness (QED) is 0.369. The first-order chi connectivity index (χ1) is 14.4. The highest BCUT2D eigenvalue weighted by molar-refractivity contribution is 8.13. The van der Waals surface area contributed by atoms with Crippen molar-refractivity contribution in [1.29, 1.82) is 0 Å². The van der Waals surface area contributed by atoms with Crippen molar-refractivity contribution in [3.8, 4) is 5.75 Å². The molecule has 3 rings (SSSR count). The van der Waals surface area contributed by atoms with E-state index in [1.165, 1.54) is 11.3 Å². The summed E-state index contributed by atoms with van der Waals surface area (Å²) >= 11 is 6.76. The predicted molar refractivity (Wildman–Crippen MR) is 127 cm³/mol. The number of hydrogen-bond donors (Lipinski definition) is 2. The van der Waals surface area contributed by atoms with E-state index in [1.807, 2.05) is 66.8 Å². The van der Waals surface area contributed by atoms with Crippen LogP contribution in [-0.4, -0.2) is 38.1 Å². The first-order valence-corrected chi connectivity index (χ1v) is 12.7. The van der Waals surface area contributed by atoms with Gasteiger partial charge in [-0.3, -0.25) is 4.79 Å². The number of nitrogens with one attached hydrogen (secondary N) is 1. The average molecular weight is 463 g/mol. The number of carbonyl (C=O) groups is 1.